The first-order valence-electron chi connectivity index (χ1n) is 14.4. The van der Waals surface area contributed by atoms with Gasteiger partial charge in [0.05, 0.1) is 11.1 Å². The van der Waals surface area contributed by atoms with Crippen molar-refractivity contribution >= 4 is 21.7 Å². The van der Waals surface area contributed by atoms with E-state index in [2.05, 4.69) is 9.71 Å². The Bertz CT molecular complexity index is 1620. The van der Waals surface area contributed by atoms with Crippen molar-refractivity contribution in [3.8, 4) is 0 Å². The highest BCUT2D eigenvalue weighted by molar-refractivity contribution is 7.92. The van der Waals surface area contributed by atoms with E-state index in [0.717, 1.165) is 23.7 Å². The lowest BCUT2D eigenvalue weighted by Gasteiger charge is -2.38. The number of cyclic esters (lactones) is 1. The number of benzene rings is 2. The first-order chi connectivity index (χ1) is 20.6. The van der Waals surface area contributed by atoms with Crippen molar-refractivity contribution < 1.29 is 36.2 Å². The number of aryl methyl sites for hydroxylation is 1. The number of esters is 1. The second-order valence-corrected chi connectivity index (χ2v) is 13.7. The molecule has 2 N–H and O–H groups in total. The lowest BCUT2D eigenvalue weighted by atomic mass is 9.77. The standard InChI is InChI=1S/C33H37F3N2O5S/c1-4-15-32(16-13-23-9-6-5-7-10-23)22-28(39)27(30(40)43-32)21-31(2,3)20-24-11-8-12-26(18-24)38-44(41,42)29-19-25(14-17-37-29)33(34,35)36/h5-12,14,17-19,38-39H,4,13,15-16,20-22H2,1-3H3/t32-/m0/s1. The molecule has 1 aromatic heterocycles. The molecular formula is C33H37F3N2O5S. The van der Waals surface area contributed by atoms with E-state index in [1.54, 1.807) is 18.2 Å². The summed E-state index contributed by atoms with van der Waals surface area (Å²) in [5, 5.41) is 10.4. The maximum atomic E-state index is 13.3. The summed E-state index contributed by atoms with van der Waals surface area (Å²) >= 11 is 0. The number of alkyl halides is 3. The first-order valence-corrected chi connectivity index (χ1v) is 15.9. The van der Waals surface area contributed by atoms with Crippen LogP contribution in [0.2, 0.25) is 0 Å². The predicted molar refractivity (Wildman–Crippen MR) is 161 cm³/mol. The molecule has 0 radical (unpaired) electrons. The third kappa shape index (κ3) is 8.40. The van der Waals surface area contributed by atoms with Crippen LogP contribution in [0.4, 0.5) is 18.9 Å². The van der Waals surface area contributed by atoms with Gasteiger partial charge >= 0.3 is 12.1 Å². The molecule has 0 bridgehead atoms. The molecule has 7 nitrogen and oxygen atoms in total. The highest BCUT2D eigenvalue weighted by Crippen LogP contribution is 2.41. The topological polar surface area (TPSA) is 106 Å². The maximum Gasteiger partial charge on any atom is 0.416 e. The number of hydrogen-bond donors (Lipinski definition) is 2. The van der Waals surface area contributed by atoms with E-state index in [9.17, 15) is 31.5 Å². The van der Waals surface area contributed by atoms with Gasteiger partial charge in [0.15, 0.2) is 5.03 Å². The number of aromatic nitrogens is 1. The fourth-order valence-corrected chi connectivity index (χ4v) is 6.68. The first kappa shape index (κ1) is 33.0. The van der Waals surface area contributed by atoms with Crippen LogP contribution < -0.4 is 4.72 Å². The average Bonchev–Trinajstić information content (AvgIpc) is 2.94. The number of nitrogens with one attached hydrogen (secondary N) is 1. The Morgan fingerprint density at radius 1 is 0.977 bits per heavy atom. The van der Waals surface area contributed by atoms with Crippen molar-refractivity contribution in [2.24, 2.45) is 5.41 Å². The van der Waals surface area contributed by atoms with Gasteiger partial charge < -0.3 is 9.84 Å². The molecule has 0 saturated carbocycles. The van der Waals surface area contributed by atoms with Gasteiger partial charge in [0.1, 0.15) is 11.4 Å². The van der Waals surface area contributed by atoms with E-state index in [0.29, 0.717) is 37.8 Å². The van der Waals surface area contributed by atoms with E-state index in [4.69, 9.17) is 4.74 Å². The van der Waals surface area contributed by atoms with Gasteiger partial charge in [0.2, 0.25) is 0 Å². The lowest BCUT2D eigenvalue weighted by molar-refractivity contribution is -0.161. The highest BCUT2D eigenvalue weighted by Gasteiger charge is 2.42. The molecule has 1 aliphatic heterocycles. The van der Waals surface area contributed by atoms with Crippen molar-refractivity contribution in [1.82, 2.24) is 4.98 Å². The monoisotopic (exact) mass is 630 g/mol. The zero-order chi connectivity index (χ0) is 32.2. The molecular weight excluding hydrogens is 593 g/mol. The zero-order valence-corrected chi connectivity index (χ0v) is 25.8. The molecule has 236 valence electrons. The quantitative estimate of drug-likeness (QED) is 0.198. The van der Waals surface area contributed by atoms with Crippen LogP contribution in [0.3, 0.4) is 0 Å². The fraction of sp³-hybridized carbons (Fsp3) is 0.394. The maximum absolute atomic E-state index is 13.3. The van der Waals surface area contributed by atoms with Gasteiger partial charge in [-0.05, 0) is 72.9 Å². The fourth-order valence-electron chi connectivity index (χ4n) is 5.65. The van der Waals surface area contributed by atoms with E-state index < -0.39 is 43.8 Å². The number of halogens is 3. The minimum Gasteiger partial charge on any atom is -0.512 e. The number of ether oxygens (including phenoxy) is 1. The summed E-state index contributed by atoms with van der Waals surface area (Å²) < 4.78 is 73.2. The Kier molecular flexibility index (Phi) is 9.77. The van der Waals surface area contributed by atoms with Gasteiger partial charge in [-0.25, -0.2) is 9.78 Å². The van der Waals surface area contributed by atoms with Gasteiger partial charge in [-0.1, -0.05) is 69.7 Å². The molecule has 4 rings (SSSR count). The third-order valence-electron chi connectivity index (χ3n) is 7.67. The number of rotatable bonds is 12. The van der Waals surface area contributed by atoms with E-state index in [-0.39, 0.29) is 29.9 Å². The summed E-state index contributed by atoms with van der Waals surface area (Å²) in [5.74, 6) is -0.496. The largest absolute Gasteiger partial charge is 0.512 e. The van der Waals surface area contributed by atoms with Gasteiger partial charge in [0, 0.05) is 18.3 Å². The number of carbonyl (C=O) groups excluding carboxylic acids is 1. The Balaban J connectivity index is 1.46. The molecule has 2 heterocycles. The van der Waals surface area contributed by atoms with Gasteiger partial charge in [0.25, 0.3) is 10.0 Å². The number of pyridine rings is 1. The molecule has 44 heavy (non-hydrogen) atoms. The van der Waals surface area contributed by atoms with Crippen LogP contribution in [0.5, 0.6) is 0 Å². The molecule has 0 aliphatic carbocycles. The molecule has 0 amide bonds. The number of hydrogen-bond acceptors (Lipinski definition) is 6. The minimum atomic E-state index is -4.72. The lowest BCUT2D eigenvalue weighted by Crippen LogP contribution is -2.41. The summed E-state index contributed by atoms with van der Waals surface area (Å²) in [7, 11) is -4.40. The Labute approximate surface area is 256 Å². The molecule has 0 spiro atoms. The molecule has 3 aromatic rings. The normalized spacial score (nSPS) is 17.8. The van der Waals surface area contributed by atoms with Crippen LogP contribution in [0.25, 0.3) is 0 Å². The molecule has 1 atom stereocenters. The summed E-state index contributed by atoms with van der Waals surface area (Å²) in [6, 6.07) is 17.6. The van der Waals surface area contributed by atoms with Gasteiger partial charge in [-0.3, -0.25) is 4.72 Å². The molecule has 1 aliphatic rings. The van der Waals surface area contributed by atoms with E-state index in [1.807, 2.05) is 51.1 Å². The summed E-state index contributed by atoms with van der Waals surface area (Å²) in [4.78, 5) is 16.9. The summed E-state index contributed by atoms with van der Waals surface area (Å²) in [6.45, 7) is 5.86. The van der Waals surface area contributed by atoms with Crippen molar-refractivity contribution in [3.05, 3.63) is 101 Å². The van der Waals surface area contributed by atoms with Crippen molar-refractivity contribution in [2.45, 2.75) is 82.5 Å². The van der Waals surface area contributed by atoms with Crippen molar-refractivity contribution in [1.29, 1.82) is 0 Å². The van der Waals surface area contributed by atoms with Crippen LogP contribution in [-0.2, 0) is 38.6 Å². The van der Waals surface area contributed by atoms with E-state index >= 15 is 0 Å². The van der Waals surface area contributed by atoms with Gasteiger partial charge in [-0.2, -0.15) is 21.6 Å². The number of aliphatic hydroxyl groups is 1. The van der Waals surface area contributed by atoms with Crippen molar-refractivity contribution in [3.63, 3.8) is 0 Å². The SMILES string of the molecule is CCC[C@]1(CCc2ccccc2)CC(O)=C(CC(C)(C)Cc2cccc(NS(=O)(=O)c3cc(C(F)(F)F)ccn3)c2)C(=O)O1. The number of sulfonamides is 1. The van der Waals surface area contributed by atoms with Crippen LogP contribution in [0.1, 0.15) is 69.6 Å². The Morgan fingerprint density at radius 2 is 1.68 bits per heavy atom. The predicted octanol–water partition coefficient (Wildman–Crippen LogP) is 7.79. The number of anilines is 1. The minimum absolute atomic E-state index is 0.0333. The third-order valence-corrected chi connectivity index (χ3v) is 8.94. The Morgan fingerprint density at radius 3 is 2.34 bits per heavy atom. The number of nitrogens with zero attached hydrogens (tertiary/aromatic N) is 1. The molecule has 0 saturated heterocycles. The van der Waals surface area contributed by atoms with Crippen LogP contribution in [-0.4, -0.2) is 30.1 Å². The number of carbonyl (C=O) groups is 1. The van der Waals surface area contributed by atoms with E-state index in [1.165, 1.54) is 6.07 Å². The molecule has 0 fully saturated rings. The second kappa shape index (κ2) is 13.0. The van der Waals surface area contributed by atoms with Crippen molar-refractivity contribution in [2.75, 3.05) is 4.72 Å². The molecule has 11 heteroatoms. The highest BCUT2D eigenvalue weighted by atomic mass is 32.2. The second-order valence-electron chi connectivity index (χ2n) is 12.1. The number of aliphatic hydroxyl groups excluding tert-OH is 1. The molecule has 0 unspecified atom stereocenters. The molecule has 2 aromatic carbocycles. The van der Waals surface area contributed by atoms with Crippen LogP contribution in [0, 0.1) is 5.41 Å². The van der Waals surface area contributed by atoms with Crippen LogP contribution in [0.15, 0.2) is 89.3 Å². The smallest absolute Gasteiger partial charge is 0.416 e. The summed E-state index contributed by atoms with van der Waals surface area (Å²) in [6.07, 6.45) is -0.316. The van der Waals surface area contributed by atoms with Crippen LogP contribution >= 0.6 is 0 Å². The average molecular weight is 631 g/mol. The van der Waals surface area contributed by atoms with Gasteiger partial charge in [-0.15, -0.1) is 0 Å². The zero-order valence-electron chi connectivity index (χ0n) is 24.9. The summed E-state index contributed by atoms with van der Waals surface area (Å²) in [5.41, 5.74) is -0.209. The Hall–Kier alpha value is -3.86.